The molecule has 0 aliphatic heterocycles. The van der Waals surface area contributed by atoms with Gasteiger partial charge in [-0.3, -0.25) is 0 Å². The number of ether oxygens (including phenoxy) is 1. The lowest BCUT2D eigenvalue weighted by molar-refractivity contribution is -0.133. The summed E-state index contributed by atoms with van der Waals surface area (Å²) in [7, 11) is 0. The van der Waals surface area contributed by atoms with Crippen molar-refractivity contribution in [2.24, 2.45) is 0 Å². The van der Waals surface area contributed by atoms with Crippen molar-refractivity contribution in [1.82, 2.24) is 0 Å². The van der Waals surface area contributed by atoms with Gasteiger partial charge in [0.25, 0.3) is 0 Å². The van der Waals surface area contributed by atoms with Crippen LogP contribution in [-0.4, -0.2) is 17.0 Å². The first-order chi connectivity index (χ1) is 9.02. The summed E-state index contributed by atoms with van der Waals surface area (Å²) in [5.41, 5.74) is 0.839. The second kappa shape index (κ2) is 7.59. The summed E-state index contributed by atoms with van der Waals surface area (Å²) < 4.78 is 5.10. The third-order valence-corrected chi connectivity index (χ3v) is 2.63. The normalized spacial score (nSPS) is 10.6. The van der Waals surface area contributed by atoms with Crippen LogP contribution < -0.4 is 4.74 Å². The van der Waals surface area contributed by atoms with E-state index >= 15 is 0 Å². The Morgan fingerprint density at radius 2 is 2.11 bits per heavy atom. The summed E-state index contributed by atoms with van der Waals surface area (Å²) in [6.45, 7) is 2.06. The maximum Gasteiger partial charge on any atom is 0.336 e. The lowest BCUT2D eigenvalue weighted by atomic mass is 10.1. The predicted octanol–water partition coefficient (Wildman–Crippen LogP) is 3.23. The van der Waals surface area contributed by atoms with Crippen LogP contribution in [0.15, 0.2) is 30.4 Å². The second-order valence-electron chi connectivity index (χ2n) is 3.95. The van der Waals surface area contributed by atoms with Crippen molar-refractivity contribution in [3.05, 3.63) is 40.9 Å². The van der Waals surface area contributed by atoms with Gasteiger partial charge in [-0.1, -0.05) is 24.9 Å². The first kappa shape index (κ1) is 15.2. The van der Waals surface area contributed by atoms with Crippen molar-refractivity contribution >= 4 is 23.5 Å². The number of aryl methyl sites for hydroxylation is 1. The molecule has 0 saturated heterocycles. The Morgan fingerprint density at radius 1 is 1.37 bits per heavy atom. The molecule has 0 unspecified atom stereocenters. The van der Waals surface area contributed by atoms with Crippen molar-refractivity contribution in [3.8, 4) is 5.75 Å². The molecule has 0 atom stereocenters. The van der Waals surface area contributed by atoms with Crippen LogP contribution >= 0.6 is 11.6 Å². The molecule has 0 aromatic heterocycles. The Bertz CT molecular complexity index is 494. The van der Waals surface area contributed by atoms with Crippen molar-refractivity contribution < 1.29 is 19.4 Å². The number of unbranched alkanes of at least 4 members (excludes halogenated alkanes) is 1. The van der Waals surface area contributed by atoms with Gasteiger partial charge < -0.3 is 9.84 Å². The van der Waals surface area contributed by atoms with Crippen molar-refractivity contribution in [1.29, 1.82) is 0 Å². The van der Waals surface area contributed by atoms with Gasteiger partial charge in [0.2, 0.25) is 0 Å². The van der Waals surface area contributed by atoms with Gasteiger partial charge in [-0.2, -0.15) is 0 Å². The zero-order valence-electron chi connectivity index (χ0n) is 10.6. The molecule has 0 bridgehead atoms. The number of halogens is 1. The van der Waals surface area contributed by atoms with E-state index in [0.717, 1.165) is 37.0 Å². The van der Waals surface area contributed by atoms with Gasteiger partial charge in [-0.15, -0.1) is 0 Å². The summed E-state index contributed by atoms with van der Waals surface area (Å²) in [5, 5.41) is 9.00. The number of benzene rings is 1. The van der Waals surface area contributed by atoms with Gasteiger partial charge in [0, 0.05) is 17.2 Å². The monoisotopic (exact) mass is 282 g/mol. The van der Waals surface area contributed by atoms with Gasteiger partial charge in [0.15, 0.2) is 0 Å². The Hall–Kier alpha value is -1.81. The van der Waals surface area contributed by atoms with Crippen LogP contribution in [0.4, 0.5) is 0 Å². The molecule has 0 radical (unpaired) electrons. The summed E-state index contributed by atoms with van der Waals surface area (Å²) in [4.78, 5) is 21.7. The van der Waals surface area contributed by atoms with Gasteiger partial charge in [-0.05, 0) is 36.6 Å². The molecule has 0 amide bonds. The van der Waals surface area contributed by atoms with Crippen molar-refractivity contribution in [2.45, 2.75) is 26.2 Å². The molecule has 0 spiro atoms. The minimum absolute atomic E-state index is 0.415. The number of carbonyl (C=O) groups is 2. The SMILES string of the molecule is CCCCc1cc(Cl)ccc1OC(=O)C=CC(=O)O. The molecule has 4 nitrogen and oxygen atoms in total. The highest BCUT2D eigenvalue weighted by atomic mass is 35.5. The fourth-order valence-corrected chi connectivity index (χ4v) is 1.69. The average Bonchev–Trinajstić information content (AvgIpc) is 2.36. The number of carboxylic acid groups (broad SMARTS) is 1. The van der Waals surface area contributed by atoms with E-state index in [0.29, 0.717) is 10.8 Å². The Labute approximate surface area is 116 Å². The zero-order valence-corrected chi connectivity index (χ0v) is 11.3. The molecule has 1 aromatic rings. The summed E-state index contributed by atoms with van der Waals surface area (Å²) in [6, 6.07) is 4.99. The molecule has 0 aliphatic carbocycles. The van der Waals surface area contributed by atoms with Crippen LogP contribution in [0, 0.1) is 0 Å². The maximum absolute atomic E-state index is 11.4. The number of rotatable bonds is 6. The van der Waals surface area contributed by atoms with Gasteiger partial charge >= 0.3 is 11.9 Å². The summed E-state index contributed by atoms with van der Waals surface area (Å²) >= 11 is 5.90. The third kappa shape index (κ3) is 5.57. The highest BCUT2D eigenvalue weighted by Crippen LogP contribution is 2.24. The van der Waals surface area contributed by atoms with Crippen molar-refractivity contribution in [3.63, 3.8) is 0 Å². The molecule has 1 N–H and O–H groups in total. The van der Waals surface area contributed by atoms with E-state index in [1.165, 1.54) is 0 Å². The molecule has 102 valence electrons. The zero-order chi connectivity index (χ0) is 14.3. The van der Waals surface area contributed by atoms with Gasteiger partial charge in [-0.25, -0.2) is 9.59 Å². The number of carboxylic acids is 1. The Morgan fingerprint density at radius 3 is 2.74 bits per heavy atom. The minimum atomic E-state index is -1.20. The average molecular weight is 283 g/mol. The van der Waals surface area contributed by atoms with E-state index in [1.807, 2.05) is 0 Å². The highest BCUT2D eigenvalue weighted by molar-refractivity contribution is 6.30. The highest BCUT2D eigenvalue weighted by Gasteiger charge is 2.08. The largest absolute Gasteiger partial charge is 0.478 e. The van der Waals surface area contributed by atoms with E-state index in [1.54, 1.807) is 18.2 Å². The topological polar surface area (TPSA) is 63.6 Å². The van der Waals surface area contributed by atoms with E-state index in [2.05, 4.69) is 6.92 Å². The molecule has 0 saturated carbocycles. The smallest absolute Gasteiger partial charge is 0.336 e. The lowest BCUT2D eigenvalue weighted by Crippen LogP contribution is -2.07. The Kier molecular flexibility index (Phi) is 6.09. The van der Waals surface area contributed by atoms with Crippen LogP contribution in [0.1, 0.15) is 25.3 Å². The first-order valence-corrected chi connectivity index (χ1v) is 6.32. The Balaban J connectivity index is 2.81. The first-order valence-electron chi connectivity index (χ1n) is 5.94. The van der Waals surface area contributed by atoms with E-state index in [9.17, 15) is 9.59 Å². The van der Waals surface area contributed by atoms with E-state index < -0.39 is 11.9 Å². The molecular formula is C14H15ClO4. The van der Waals surface area contributed by atoms with Crippen LogP contribution in [0.25, 0.3) is 0 Å². The van der Waals surface area contributed by atoms with Crippen molar-refractivity contribution in [2.75, 3.05) is 0 Å². The van der Waals surface area contributed by atoms with Gasteiger partial charge in [0.1, 0.15) is 5.75 Å². The number of esters is 1. The predicted molar refractivity (Wildman–Crippen MR) is 72.5 cm³/mol. The number of hydrogen-bond acceptors (Lipinski definition) is 3. The second-order valence-corrected chi connectivity index (χ2v) is 4.38. The number of aliphatic carboxylic acids is 1. The quantitative estimate of drug-likeness (QED) is 0.494. The molecule has 0 heterocycles. The maximum atomic E-state index is 11.4. The van der Waals surface area contributed by atoms with E-state index in [4.69, 9.17) is 21.4 Å². The van der Waals surface area contributed by atoms with Crippen LogP contribution in [0.2, 0.25) is 5.02 Å². The van der Waals surface area contributed by atoms with Crippen LogP contribution in [0.3, 0.4) is 0 Å². The molecule has 1 aromatic carbocycles. The molecular weight excluding hydrogens is 268 g/mol. The summed E-state index contributed by atoms with van der Waals surface area (Å²) in [6.07, 6.45) is 4.33. The standard InChI is InChI=1S/C14H15ClO4/c1-2-3-4-10-9-11(15)5-6-12(10)19-14(18)8-7-13(16)17/h5-9H,2-4H2,1H3,(H,16,17). The summed E-state index contributed by atoms with van der Waals surface area (Å²) in [5.74, 6) is -1.50. The lowest BCUT2D eigenvalue weighted by Gasteiger charge is -2.09. The fraction of sp³-hybridized carbons (Fsp3) is 0.286. The van der Waals surface area contributed by atoms with E-state index in [-0.39, 0.29) is 0 Å². The molecule has 0 fully saturated rings. The molecule has 1 rings (SSSR count). The minimum Gasteiger partial charge on any atom is -0.478 e. The number of carbonyl (C=O) groups excluding carboxylic acids is 1. The molecule has 5 heteroatoms. The third-order valence-electron chi connectivity index (χ3n) is 2.39. The molecule has 19 heavy (non-hydrogen) atoms. The fourth-order valence-electron chi connectivity index (χ4n) is 1.49. The van der Waals surface area contributed by atoms with Crippen LogP contribution in [-0.2, 0) is 16.0 Å². The van der Waals surface area contributed by atoms with Gasteiger partial charge in [0.05, 0.1) is 0 Å². The van der Waals surface area contributed by atoms with Crippen LogP contribution in [0.5, 0.6) is 5.75 Å². The number of hydrogen-bond donors (Lipinski definition) is 1. The molecule has 0 aliphatic rings.